The van der Waals surface area contributed by atoms with E-state index in [0.717, 1.165) is 0 Å². The van der Waals surface area contributed by atoms with Crippen LogP contribution in [0.1, 0.15) is 19.8 Å². The molecule has 54 valence electrons. The maximum Gasteiger partial charge on any atom is 0.148 e. The van der Waals surface area contributed by atoms with E-state index < -0.39 is 12.2 Å². The van der Waals surface area contributed by atoms with Crippen LogP contribution in [0.25, 0.3) is 0 Å². The van der Waals surface area contributed by atoms with Crippen molar-refractivity contribution in [1.82, 2.24) is 0 Å². The van der Waals surface area contributed by atoms with E-state index in [1.54, 1.807) is 6.92 Å². The molecular weight excluding hydrogens is 120 g/mol. The van der Waals surface area contributed by atoms with Gasteiger partial charge < -0.3 is 15.0 Å². The van der Waals surface area contributed by atoms with Gasteiger partial charge in [-0.1, -0.05) is 0 Å². The van der Waals surface area contributed by atoms with Gasteiger partial charge in [0.1, 0.15) is 12.4 Å². The third kappa shape index (κ3) is 5.46. The molecule has 0 aliphatic heterocycles. The molecule has 9 heavy (non-hydrogen) atoms. The third-order valence-corrected chi connectivity index (χ3v) is 1.04. The van der Waals surface area contributed by atoms with Crippen molar-refractivity contribution in [3.8, 4) is 0 Å². The Morgan fingerprint density at radius 1 is 1.44 bits per heavy atom. The summed E-state index contributed by atoms with van der Waals surface area (Å²) in [5.74, 6) is 0. The zero-order valence-corrected chi connectivity index (χ0v) is 5.45. The molecule has 0 amide bonds. The lowest BCUT2D eigenvalue weighted by atomic mass is 10.1. The van der Waals surface area contributed by atoms with Crippen molar-refractivity contribution in [2.75, 3.05) is 0 Å². The van der Waals surface area contributed by atoms with Gasteiger partial charge in [0.25, 0.3) is 0 Å². The molecule has 0 bridgehead atoms. The Morgan fingerprint density at radius 2 is 2.00 bits per heavy atom. The molecule has 3 nitrogen and oxygen atoms in total. The van der Waals surface area contributed by atoms with Gasteiger partial charge in [-0.2, -0.15) is 0 Å². The van der Waals surface area contributed by atoms with Crippen molar-refractivity contribution in [1.29, 1.82) is 0 Å². The molecule has 0 saturated carbocycles. The highest BCUT2D eigenvalue weighted by Crippen LogP contribution is 1.97. The van der Waals surface area contributed by atoms with Crippen LogP contribution < -0.4 is 0 Å². The van der Waals surface area contributed by atoms with Crippen LogP contribution in [-0.2, 0) is 4.79 Å². The van der Waals surface area contributed by atoms with Gasteiger partial charge in [-0.05, 0) is 19.8 Å². The van der Waals surface area contributed by atoms with Crippen molar-refractivity contribution in [3.05, 3.63) is 0 Å². The summed E-state index contributed by atoms with van der Waals surface area (Å²) in [6.45, 7) is 1.62. The van der Waals surface area contributed by atoms with Gasteiger partial charge in [0.15, 0.2) is 0 Å². The molecule has 0 aromatic rings. The van der Waals surface area contributed by atoms with E-state index in [2.05, 4.69) is 0 Å². The van der Waals surface area contributed by atoms with Gasteiger partial charge in [-0.15, -0.1) is 0 Å². The maximum absolute atomic E-state index is 9.79. The molecule has 0 aliphatic carbocycles. The van der Waals surface area contributed by atoms with Gasteiger partial charge in [-0.25, -0.2) is 0 Å². The standard InChI is InChI=1S/C6H12O3/c1-5(8)2-3-6(9)4-7/h4-6,8-9H,2-3H2,1H3/t5-,6-/m1/s1. The molecule has 0 saturated heterocycles. The lowest BCUT2D eigenvalue weighted by molar-refractivity contribution is -0.115. The summed E-state index contributed by atoms with van der Waals surface area (Å²) in [7, 11) is 0. The van der Waals surface area contributed by atoms with E-state index in [0.29, 0.717) is 19.1 Å². The second-order valence-corrected chi connectivity index (χ2v) is 2.13. The zero-order chi connectivity index (χ0) is 7.28. The summed E-state index contributed by atoms with van der Waals surface area (Å²) in [6.07, 6.45) is -0.0390. The SMILES string of the molecule is C[C@@H](O)CC[C@@H](O)C=O. The van der Waals surface area contributed by atoms with Crippen LogP contribution in [0.5, 0.6) is 0 Å². The fourth-order valence-corrected chi connectivity index (χ4v) is 0.480. The number of hydrogen-bond donors (Lipinski definition) is 2. The van der Waals surface area contributed by atoms with Gasteiger partial charge in [0.2, 0.25) is 0 Å². The number of aliphatic hydroxyl groups excluding tert-OH is 2. The van der Waals surface area contributed by atoms with Crippen molar-refractivity contribution < 1.29 is 15.0 Å². The smallest absolute Gasteiger partial charge is 0.148 e. The molecule has 2 atom stereocenters. The van der Waals surface area contributed by atoms with Crippen LogP contribution in [0.3, 0.4) is 0 Å². The second-order valence-electron chi connectivity index (χ2n) is 2.13. The van der Waals surface area contributed by atoms with Crippen LogP contribution in [-0.4, -0.2) is 28.7 Å². The van der Waals surface area contributed by atoms with Crippen molar-refractivity contribution in [2.45, 2.75) is 32.0 Å². The average Bonchev–Trinajstić information content (AvgIpc) is 1.83. The molecular formula is C6H12O3. The van der Waals surface area contributed by atoms with Crippen LogP contribution in [0.4, 0.5) is 0 Å². The Bertz CT molecular complexity index is 80.4. The Morgan fingerprint density at radius 3 is 2.33 bits per heavy atom. The normalized spacial score (nSPS) is 16.8. The summed E-state index contributed by atoms with van der Waals surface area (Å²) >= 11 is 0. The maximum atomic E-state index is 9.79. The van der Waals surface area contributed by atoms with E-state index in [1.807, 2.05) is 0 Å². The van der Waals surface area contributed by atoms with E-state index in [9.17, 15) is 4.79 Å². The van der Waals surface area contributed by atoms with Crippen molar-refractivity contribution in [2.24, 2.45) is 0 Å². The number of aliphatic hydroxyl groups is 2. The molecule has 3 heteroatoms. The molecule has 0 fully saturated rings. The average molecular weight is 132 g/mol. The van der Waals surface area contributed by atoms with E-state index >= 15 is 0 Å². The van der Waals surface area contributed by atoms with Crippen LogP contribution in [0.15, 0.2) is 0 Å². The molecule has 0 spiro atoms. The molecule has 0 aromatic carbocycles. The summed E-state index contributed by atoms with van der Waals surface area (Å²) in [6, 6.07) is 0. The minimum Gasteiger partial charge on any atom is -0.393 e. The predicted molar refractivity (Wildman–Crippen MR) is 33.0 cm³/mol. The number of carbonyl (C=O) groups is 1. The molecule has 2 N–H and O–H groups in total. The van der Waals surface area contributed by atoms with Gasteiger partial charge in [-0.3, -0.25) is 0 Å². The highest BCUT2D eigenvalue weighted by Gasteiger charge is 2.02. The van der Waals surface area contributed by atoms with E-state index in [-0.39, 0.29) is 0 Å². The van der Waals surface area contributed by atoms with Crippen molar-refractivity contribution >= 4 is 6.29 Å². The molecule has 0 rings (SSSR count). The first-order valence-corrected chi connectivity index (χ1v) is 2.98. The molecule has 0 unspecified atom stereocenters. The summed E-state index contributed by atoms with van der Waals surface area (Å²) in [5.41, 5.74) is 0. The number of carbonyl (C=O) groups excluding carboxylic acids is 1. The third-order valence-electron chi connectivity index (χ3n) is 1.04. The van der Waals surface area contributed by atoms with E-state index in [1.165, 1.54) is 0 Å². The van der Waals surface area contributed by atoms with Crippen LogP contribution in [0.2, 0.25) is 0 Å². The molecule has 0 aliphatic rings. The first-order valence-electron chi connectivity index (χ1n) is 2.98. The fourth-order valence-electron chi connectivity index (χ4n) is 0.480. The Kier molecular flexibility index (Phi) is 4.26. The predicted octanol–water partition coefficient (Wildman–Crippen LogP) is -0.293. The highest BCUT2D eigenvalue weighted by atomic mass is 16.3. The largest absolute Gasteiger partial charge is 0.393 e. The summed E-state index contributed by atoms with van der Waals surface area (Å²) < 4.78 is 0. The minimum absolute atomic E-state index is 0.348. The lowest BCUT2D eigenvalue weighted by Crippen LogP contribution is -2.11. The Balaban J connectivity index is 3.16. The highest BCUT2D eigenvalue weighted by molar-refractivity contribution is 5.55. The summed E-state index contributed by atoms with van der Waals surface area (Å²) in [5, 5.41) is 17.3. The van der Waals surface area contributed by atoms with Crippen molar-refractivity contribution in [3.63, 3.8) is 0 Å². The summed E-state index contributed by atoms with van der Waals surface area (Å²) in [4.78, 5) is 9.79. The van der Waals surface area contributed by atoms with Crippen LogP contribution >= 0.6 is 0 Å². The molecule has 0 radical (unpaired) electrons. The molecule has 0 aromatic heterocycles. The second kappa shape index (κ2) is 4.47. The fraction of sp³-hybridized carbons (Fsp3) is 0.833. The van der Waals surface area contributed by atoms with Gasteiger partial charge in [0, 0.05) is 0 Å². The monoisotopic (exact) mass is 132 g/mol. The first kappa shape index (κ1) is 8.59. The minimum atomic E-state index is -0.903. The number of hydrogen-bond acceptors (Lipinski definition) is 3. The van der Waals surface area contributed by atoms with E-state index in [4.69, 9.17) is 10.2 Å². The molecule has 0 heterocycles. The van der Waals surface area contributed by atoms with Gasteiger partial charge >= 0.3 is 0 Å². The first-order chi connectivity index (χ1) is 4.16. The quantitative estimate of drug-likeness (QED) is 0.517. The Hall–Kier alpha value is -0.410. The number of aldehydes is 1. The lowest BCUT2D eigenvalue weighted by Gasteiger charge is -2.03. The zero-order valence-electron chi connectivity index (χ0n) is 5.45. The number of rotatable bonds is 4. The van der Waals surface area contributed by atoms with Gasteiger partial charge in [0.05, 0.1) is 6.10 Å². The Labute approximate surface area is 54.3 Å². The van der Waals surface area contributed by atoms with Crippen LogP contribution in [0, 0.1) is 0 Å². The topological polar surface area (TPSA) is 57.5 Å².